The number of hydrogen-bond acceptors (Lipinski definition) is 6. The first kappa shape index (κ1) is 27.3. The molecule has 164 valence electrons. The summed E-state index contributed by atoms with van der Waals surface area (Å²) < 4.78 is 47.4. The predicted molar refractivity (Wildman–Crippen MR) is 113 cm³/mol. The summed E-state index contributed by atoms with van der Waals surface area (Å²) in [6.45, 7) is 9.13. The van der Waals surface area contributed by atoms with E-state index in [-0.39, 0.29) is 5.90 Å². The fraction of sp³-hybridized carbons (Fsp3) is 1.00. The molecule has 6 nitrogen and oxygen atoms in total. The average molecular weight is 428 g/mol. The lowest BCUT2D eigenvalue weighted by Gasteiger charge is -2.25. The maximum absolute atomic E-state index is 13.0. The summed E-state index contributed by atoms with van der Waals surface area (Å²) in [7, 11) is -4.43. The van der Waals surface area contributed by atoms with Gasteiger partial charge in [0.15, 0.2) is 5.90 Å². The Morgan fingerprint density at radius 3 is 1.33 bits per heavy atom. The summed E-state index contributed by atoms with van der Waals surface area (Å²) in [5.41, 5.74) is 0. The van der Waals surface area contributed by atoms with Gasteiger partial charge < -0.3 is 18.1 Å². The first-order valence-corrected chi connectivity index (χ1v) is 13.9. The molecule has 0 aliphatic heterocycles. The number of hydrogen-bond donors (Lipinski definition) is 0. The van der Waals surface area contributed by atoms with Crippen LogP contribution in [0.15, 0.2) is 0 Å². The summed E-state index contributed by atoms with van der Waals surface area (Å²) in [6.07, 6.45) is 8.36. The highest BCUT2D eigenvalue weighted by molar-refractivity contribution is 7.71. The molecule has 0 bridgehead atoms. The molecule has 0 aromatic heterocycles. The Balaban J connectivity index is 4.82. The van der Waals surface area contributed by atoms with Crippen LogP contribution in [0.4, 0.5) is 0 Å². The molecule has 0 spiro atoms. The smallest absolute Gasteiger partial charge is 0.311 e. The first-order valence-electron chi connectivity index (χ1n) is 10.4. The van der Waals surface area contributed by atoms with Crippen LogP contribution in [0.25, 0.3) is 0 Å². The fourth-order valence-corrected chi connectivity index (χ4v) is 7.11. The third-order valence-electron chi connectivity index (χ3n) is 5.00. The quantitative estimate of drug-likeness (QED) is 0.217. The van der Waals surface area contributed by atoms with Crippen LogP contribution in [-0.4, -0.2) is 33.3 Å². The molecule has 8 heteroatoms. The van der Waals surface area contributed by atoms with Gasteiger partial charge in [-0.05, 0) is 24.7 Å². The molecule has 0 saturated heterocycles. The van der Waals surface area contributed by atoms with Gasteiger partial charge in [0, 0.05) is 14.2 Å². The van der Waals surface area contributed by atoms with Gasteiger partial charge in [-0.1, -0.05) is 66.2 Å². The lowest BCUT2D eigenvalue weighted by atomic mass is 10.0. The van der Waals surface area contributed by atoms with Gasteiger partial charge >= 0.3 is 15.2 Å². The van der Waals surface area contributed by atoms with E-state index in [1.807, 2.05) is 0 Å². The van der Waals surface area contributed by atoms with Crippen molar-refractivity contribution in [2.45, 2.75) is 79.1 Å². The Morgan fingerprint density at radius 2 is 1.07 bits per heavy atom. The van der Waals surface area contributed by atoms with E-state index in [0.717, 1.165) is 51.4 Å². The van der Waals surface area contributed by atoms with Crippen LogP contribution in [0.2, 0.25) is 0 Å². The largest absolute Gasteiger partial charge is 0.342 e. The maximum Gasteiger partial charge on any atom is 0.342 e. The van der Waals surface area contributed by atoms with E-state index in [0.29, 0.717) is 25.0 Å². The standard InChI is InChI=1S/C19H42O6P2/c1-7-11-13-18(9-3)15-24-26(20,22-5)17-27(21,23-6)25-16-19(10-4)14-12-8-2/h18-19H,7-17H2,1-6H3. The van der Waals surface area contributed by atoms with Gasteiger partial charge in [-0.2, -0.15) is 0 Å². The second kappa shape index (κ2) is 15.2. The minimum atomic E-state index is -3.54. The van der Waals surface area contributed by atoms with Gasteiger partial charge in [-0.15, -0.1) is 0 Å². The molecular weight excluding hydrogens is 386 g/mol. The van der Waals surface area contributed by atoms with Gasteiger partial charge in [0.05, 0.1) is 13.2 Å². The minimum absolute atomic E-state index is 0.315. The van der Waals surface area contributed by atoms with Crippen LogP contribution in [0.5, 0.6) is 0 Å². The van der Waals surface area contributed by atoms with Gasteiger partial charge in [-0.3, -0.25) is 9.13 Å². The van der Waals surface area contributed by atoms with Crippen LogP contribution >= 0.6 is 15.2 Å². The molecule has 0 aromatic rings. The van der Waals surface area contributed by atoms with E-state index in [9.17, 15) is 9.13 Å². The molecule has 0 fully saturated rings. The predicted octanol–water partition coefficient (Wildman–Crippen LogP) is 7.09. The number of rotatable bonds is 18. The van der Waals surface area contributed by atoms with E-state index >= 15 is 0 Å². The van der Waals surface area contributed by atoms with Crippen LogP contribution in [-0.2, 0) is 27.2 Å². The second-order valence-corrected chi connectivity index (χ2v) is 12.0. The zero-order chi connectivity index (χ0) is 20.8. The van der Waals surface area contributed by atoms with Crippen molar-refractivity contribution in [3.8, 4) is 0 Å². The van der Waals surface area contributed by atoms with E-state index < -0.39 is 15.2 Å². The van der Waals surface area contributed by atoms with Crippen molar-refractivity contribution in [2.24, 2.45) is 11.8 Å². The molecule has 4 unspecified atom stereocenters. The molecule has 27 heavy (non-hydrogen) atoms. The zero-order valence-corrected chi connectivity index (χ0v) is 20.1. The minimum Gasteiger partial charge on any atom is -0.311 e. The molecular formula is C19H42O6P2. The number of unbranched alkanes of at least 4 members (excludes halogenated alkanes) is 2. The Morgan fingerprint density at radius 1 is 0.704 bits per heavy atom. The van der Waals surface area contributed by atoms with E-state index in [1.54, 1.807) is 0 Å². The molecule has 0 rings (SSSR count). The molecule has 0 aliphatic carbocycles. The molecule has 4 atom stereocenters. The third kappa shape index (κ3) is 11.8. The van der Waals surface area contributed by atoms with Crippen molar-refractivity contribution < 1.29 is 27.2 Å². The van der Waals surface area contributed by atoms with Crippen LogP contribution < -0.4 is 0 Å². The highest BCUT2D eigenvalue weighted by Gasteiger charge is 2.38. The van der Waals surface area contributed by atoms with Gasteiger partial charge in [-0.25, -0.2) is 0 Å². The van der Waals surface area contributed by atoms with Crippen LogP contribution in [0.3, 0.4) is 0 Å². The van der Waals surface area contributed by atoms with Gasteiger partial charge in [0.1, 0.15) is 0 Å². The summed E-state index contributed by atoms with van der Waals surface area (Å²) in [5.74, 6) is 0.283. The average Bonchev–Trinajstić information content (AvgIpc) is 2.68. The van der Waals surface area contributed by atoms with E-state index in [1.165, 1.54) is 14.2 Å². The summed E-state index contributed by atoms with van der Waals surface area (Å²) in [4.78, 5) is 0. The maximum atomic E-state index is 13.0. The molecule has 0 radical (unpaired) electrons. The summed E-state index contributed by atoms with van der Waals surface area (Å²) in [5, 5.41) is 0. The third-order valence-corrected chi connectivity index (χ3v) is 9.97. The topological polar surface area (TPSA) is 71.1 Å². The Bertz CT molecular complexity index is 417. The van der Waals surface area contributed by atoms with Crippen molar-refractivity contribution in [2.75, 3.05) is 33.3 Å². The van der Waals surface area contributed by atoms with Crippen molar-refractivity contribution in [3.63, 3.8) is 0 Å². The molecule has 0 aromatic carbocycles. The van der Waals surface area contributed by atoms with Crippen molar-refractivity contribution in [3.05, 3.63) is 0 Å². The first-order chi connectivity index (χ1) is 12.8. The molecule has 0 heterocycles. The Hall–Kier alpha value is 0.300. The van der Waals surface area contributed by atoms with Crippen molar-refractivity contribution in [1.82, 2.24) is 0 Å². The normalized spacial score (nSPS) is 18.6. The monoisotopic (exact) mass is 428 g/mol. The lowest BCUT2D eigenvalue weighted by molar-refractivity contribution is 0.178. The fourth-order valence-electron chi connectivity index (χ4n) is 2.75. The molecule has 0 N–H and O–H groups in total. The molecule has 0 aliphatic rings. The molecule has 0 saturated carbocycles. The Kier molecular flexibility index (Phi) is 15.3. The Labute approximate surface area is 167 Å². The van der Waals surface area contributed by atoms with Crippen LogP contribution in [0.1, 0.15) is 79.1 Å². The van der Waals surface area contributed by atoms with Crippen molar-refractivity contribution in [1.29, 1.82) is 0 Å². The lowest BCUT2D eigenvalue weighted by Crippen LogP contribution is -2.12. The van der Waals surface area contributed by atoms with Crippen molar-refractivity contribution >= 4 is 15.2 Å². The van der Waals surface area contributed by atoms with Gasteiger partial charge in [0.2, 0.25) is 0 Å². The zero-order valence-electron chi connectivity index (χ0n) is 18.3. The van der Waals surface area contributed by atoms with E-state index in [4.69, 9.17) is 18.1 Å². The van der Waals surface area contributed by atoms with E-state index in [2.05, 4.69) is 27.7 Å². The second-order valence-electron chi connectivity index (χ2n) is 7.15. The van der Waals surface area contributed by atoms with Crippen LogP contribution in [0, 0.1) is 11.8 Å². The highest BCUT2D eigenvalue weighted by Crippen LogP contribution is 2.63. The van der Waals surface area contributed by atoms with Gasteiger partial charge in [0.25, 0.3) is 0 Å². The highest BCUT2D eigenvalue weighted by atomic mass is 31.2. The summed E-state index contributed by atoms with van der Waals surface area (Å²) in [6, 6.07) is 0. The summed E-state index contributed by atoms with van der Waals surface area (Å²) >= 11 is 0. The molecule has 0 amide bonds. The SMILES string of the molecule is CCCCC(CC)COP(=O)(CP(=O)(OC)OCC(CC)CCCC)OC.